The maximum atomic E-state index is 11.6. The Morgan fingerprint density at radius 3 is 1.34 bits per heavy atom. The van der Waals surface area contributed by atoms with Gasteiger partial charge in [-0.15, -0.1) is 0 Å². The van der Waals surface area contributed by atoms with Crippen molar-refractivity contribution >= 4 is 57.4 Å². The van der Waals surface area contributed by atoms with E-state index in [-0.39, 0.29) is 49.6 Å². The fraction of sp³-hybridized carbons (Fsp3) is 0.778. The molecule has 0 N–H and O–H groups in total. The molecular weight excluding hydrogens is 527 g/mol. The summed E-state index contributed by atoms with van der Waals surface area (Å²) in [6, 6.07) is 0. The summed E-state index contributed by atoms with van der Waals surface area (Å²) in [6.45, 7) is 0.718. The van der Waals surface area contributed by atoms with E-state index in [9.17, 15) is 19.2 Å². The molecule has 0 aromatic carbocycles. The van der Waals surface area contributed by atoms with Gasteiger partial charge in [0.2, 0.25) is 0 Å². The van der Waals surface area contributed by atoms with Crippen molar-refractivity contribution in [3.05, 3.63) is 0 Å². The SMILES string of the molecule is COC(=O)CCCC(=O)OCC[S][Sn]([CH3])([CH3])[S]CCOC(=O)CCCC(=O)OC. The van der Waals surface area contributed by atoms with Crippen LogP contribution in [-0.4, -0.2) is 78.4 Å². The number of carbonyl (C=O) groups is 4. The summed E-state index contributed by atoms with van der Waals surface area (Å²) in [7, 11) is 6.36. The molecule has 0 amide bonds. The molecule has 0 aliphatic rings. The predicted octanol–water partition coefficient (Wildman–Crippen LogP) is 2.93. The molecule has 0 radical (unpaired) electrons. The summed E-state index contributed by atoms with van der Waals surface area (Å²) in [6.07, 6.45) is 1.73. The molecule has 0 bridgehead atoms. The van der Waals surface area contributed by atoms with Crippen molar-refractivity contribution in [3.63, 3.8) is 0 Å². The Bertz CT molecular complexity index is 484. The Labute approximate surface area is 182 Å². The van der Waals surface area contributed by atoms with Gasteiger partial charge in [0.05, 0.1) is 0 Å². The molecule has 8 nitrogen and oxygen atoms in total. The molecule has 0 rings (SSSR count). The average molecular weight is 559 g/mol. The number of hydrogen-bond acceptors (Lipinski definition) is 10. The monoisotopic (exact) mass is 560 g/mol. The standard InChI is InChI=1S/2C8H14O4S.2CH3.Sn/c2*1-11-7(9)3-2-4-8(10)12-5-6-13;;;/h2*13H,2-6H2,1H3;2*1H3;/q;;;;+2/p-2. The van der Waals surface area contributed by atoms with Gasteiger partial charge in [-0.05, 0) is 0 Å². The van der Waals surface area contributed by atoms with Gasteiger partial charge >= 0.3 is 183 Å². The van der Waals surface area contributed by atoms with Crippen LogP contribution in [0.3, 0.4) is 0 Å². The van der Waals surface area contributed by atoms with Gasteiger partial charge in [0.1, 0.15) is 0 Å². The van der Waals surface area contributed by atoms with E-state index in [1.807, 2.05) is 17.9 Å². The molecule has 0 fully saturated rings. The van der Waals surface area contributed by atoms with Crippen molar-refractivity contribution in [1.29, 1.82) is 0 Å². The van der Waals surface area contributed by atoms with Crippen LogP contribution >= 0.6 is 17.9 Å². The number of hydrogen-bond donors (Lipinski definition) is 0. The van der Waals surface area contributed by atoms with Gasteiger partial charge in [-0.3, -0.25) is 0 Å². The third kappa shape index (κ3) is 17.9. The molecule has 0 saturated heterocycles. The first-order valence-electron chi connectivity index (χ1n) is 9.43. The van der Waals surface area contributed by atoms with E-state index in [4.69, 9.17) is 9.47 Å². The van der Waals surface area contributed by atoms with Crippen molar-refractivity contribution in [2.24, 2.45) is 0 Å². The predicted molar refractivity (Wildman–Crippen MR) is 116 cm³/mol. The Kier molecular flexibility index (Phi) is 16.7. The summed E-state index contributed by atoms with van der Waals surface area (Å²) in [5.74, 6) is 0.239. The van der Waals surface area contributed by atoms with Gasteiger partial charge in [0, 0.05) is 0 Å². The van der Waals surface area contributed by atoms with Crippen LogP contribution in [0.25, 0.3) is 0 Å². The van der Waals surface area contributed by atoms with Crippen LogP contribution in [0.15, 0.2) is 0 Å². The van der Waals surface area contributed by atoms with Crippen molar-refractivity contribution in [3.8, 4) is 0 Å². The van der Waals surface area contributed by atoms with Crippen LogP contribution in [0.5, 0.6) is 0 Å². The van der Waals surface area contributed by atoms with E-state index in [1.54, 1.807) is 0 Å². The molecule has 168 valence electrons. The topological polar surface area (TPSA) is 105 Å². The van der Waals surface area contributed by atoms with Crippen LogP contribution in [0.1, 0.15) is 38.5 Å². The van der Waals surface area contributed by atoms with Crippen molar-refractivity contribution in [1.82, 2.24) is 0 Å². The molecular formula is C18H32O8S2Sn. The number of carbonyl (C=O) groups excluding carboxylic acids is 4. The zero-order valence-electron chi connectivity index (χ0n) is 17.7. The summed E-state index contributed by atoms with van der Waals surface area (Å²) in [5, 5.41) is 0. The molecule has 0 aliphatic carbocycles. The Morgan fingerprint density at radius 1 is 0.655 bits per heavy atom. The zero-order chi connectivity index (χ0) is 22.1. The first-order valence-corrected chi connectivity index (χ1v) is 24.1. The van der Waals surface area contributed by atoms with Crippen LogP contribution in [0.2, 0.25) is 9.88 Å². The molecule has 11 heteroatoms. The summed E-state index contributed by atoms with van der Waals surface area (Å²) in [5.41, 5.74) is 0. The Morgan fingerprint density at radius 2 is 1.00 bits per heavy atom. The van der Waals surface area contributed by atoms with Gasteiger partial charge in [-0.2, -0.15) is 0 Å². The van der Waals surface area contributed by atoms with Crippen LogP contribution in [0.4, 0.5) is 0 Å². The fourth-order valence-electron chi connectivity index (χ4n) is 2.03. The number of methoxy groups -OCH3 is 2. The quantitative estimate of drug-likeness (QED) is 0.121. The molecule has 0 saturated carbocycles. The normalized spacial score (nSPS) is 10.9. The number of rotatable bonds is 16. The average Bonchev–Trinajstić information content (AvgIpc) is 2.68. The van der Waals surface area contributed by atoms with E-state index in [0.717, 1.165) is 11.5 Å². The third-order valence-electron chi connectivity index (χ3n) is 3.57. The van der Waals surface area contributed by atoms with Crippen molar-refractivity contribution in [2.45, 2.75) is 48.4 Å². The number of ether oxygens (including phenoxy) is 4. The van der Waals surface area contributed by atoms with Gasteiger partial charge < -0.3 is 0 Å². The minimum atomic E-state index is -2.37. The minimum absolute atomic E-state index is 0.214. The molecule has 0 aromatic rings. The maximum absolute atomic E-state index is 11.6. The van der Waals surface area contributed by atoms with Gasteiger partial charge in [0.25, 0.3) is 0 Å². The van der Waals surface area contributed by atoms with E-state index in [1.165, 1.54) is 14.2 Å². The second kappa shape index (κ2) is 17.1. The molecule has 0 aromatic heterocycles. The first kappa shape index (κ1) is 28.4. The fourth-order valence-corrected chi connectivity index (χ4v) is 19.0. The van der Waals surface area contributed by atoms with E-state index >= 15 is 0 Å². The van der Waals surface area contributed by atoms with E-state index in [0.29, 0.717) is 26.1 Å². The molecule has 0 spiro atoms. The summed E-state index contributed by atoms with van der Waals surface area (Å²) in [4.78, 5) is 49.7. The zero-order valence-corrected chi connectivity index (χ0v) is 22.1. The van der Waals surface area contributed by atoms with Gasteiger partial charge in [-0.25, -0.2) is 0 Å². The van der Waals surface area contributed by atoms with Crippen LogP contribution in [-0.2, 0) is 38.1 Å². The molecule has 0 aliphatic heterocycles. The van der Waals surface area contributed by atoms with E-state index < -0.39 is 15.6 Å². The Hall–Kier alpha value is -0.621. The van der Waals surface area contributed by atoms with Crippen molar-refractivity contribution < 1.29 is 38.1 Å². The molecule has 0 atom stereocenters. The molecule has 29 heavy (non-hydrogen) atoms. The van der Waals surface area contributed by atoms with Crippen LogP contribution in [0, 0.1) is 0 Å². The molecule has 0 unspecified atom stereocenters. The Balaban J connectivity index is 3.72. The summed E-state index contributed by atoms with van der Waals surface area (Å²) < 4.78 is 19.4. The van der Waals surface area contributed by atoms with Crippen LogP contribution < -0.4 is 0 Å². The second-order valence-corrected chi connectivity index (χ2v) is 36.2. The number of esters is 4. The third-order valence-corrected chi connectivity index (χ3v) is 25.8. The van der Waals surface area contributed by atoms with Crippen molar-refractivity contribution in [2.75, 3.05) is 38.9 Å². The molecule has 0 heterocycles. The van der Waals surface area contributed by atoms with E-state index in [2.05, 4.69) is 19.4 Å². The summed E-state index contributed by atoms with van der Waals surface area (Å²) >= 11 is -2.37. The van der Waals surface area contributed by atoms with Gasteiger partial charge in [-0.1, -0.05) is 0 Å². The second-order valence-electron chi connectivity index (χ2n) is 6.40. The first-order chi connectivity index (χ1) is 13.7. The van der Waals surface area contributed by atoms with Gasteiger partial charge in [0.15, 0.2) is 0 Å².